The number of aromatic nitrogens is 2. The van der Waals surface area contributed by atoms with E-state index >= 15 is 0 Å². The summed E-state index contributed by atoms with van der Waals surface area (Å²) in [5, 5.41) is 0.985. The van der Waals surface area contributed by atoms with Gasteiger partial charge in [0.05, 0.1) is 12.7 Å². The van der Waals surface area contributed by atoms with Gasteiger partial charge in [-0.2, -0.15) is 0 Å². The molecule has 0 aliphatic heterocycles. The van der Waals surface area contributed by atoms with Crippen LogP contribution in [0, 0.1) is 0 Å². The molecule has 0 spiro atoms. The van der Waals surface area contributed by atoms with Crippen LogP contribution in [0.1, 0.15) is 10.4 Å². The fraction of sp³-hybridized carbons (Fsp3) is 0.0667. The predicted octanol–water partition coefficient (Wildman–Crippen LogP) is 3.02. The molecular formula is C15H12N2O2. The number of carbonyl (C=O) groups is 1. The van der Waals surface area contributed by atoms with Crippen molar-refractivity contribution >= 4 is 17.0 Å². The highest BCUT2D eigenvalue weighted by molar-refractivity contribution is 6.02. The van der Waals surface area contributed by atoms with Crippen molar-refractivity contribution in [1.29, 1.82) is 0 Å². The van der Waals surface area contributed by atoms with Crippen molar-refractivity contribution < 1.29 is 9.53 Å². The van der Waals surface area contributed by atoms with Crippen LogP contribution in [0.2, 0.25) is 0 Å². The SMILES string of the molecule is COC(=O)c1ccccc1-c1ccnc2[nH]ccc12. The van der Waals surface area contributed by atoms with Gasteiger partial charge in [-0.15, -0.1) is 0 Å². The molecule has 0 atom stereocenters. The second-order valence-electron chi connectivity index (χ2n) is 4.14. The molecule has 3 aromatic rings. The Kier molecular flexibility index (Phi) is 2.76. The van der Waals surface area contributed by atoms with E-state index < -0.39 is 0 Å². The molecule has 0 aliphatic rings. The zero-order valence-corrected chi connectivity index (χ0v) is 10.4. The van der Waals surface area contributed by atoms with E-state index in [-0.39, 0.29) is 5.97 Å². The van der Waals surface area contributed by atoms with Crippen LogP contribution in [0.5, 0.6) is 0 Å². The number of pyridine rings is 1. The van der Waals surface area contributed by atoms with Crippen LogP contribution >= 0.6 is 0 Å². The second kappa shape index (κ2) is 4.57. The number of nitrogens with one attached hydrogen (secondary N) is 1. The average Bonchev–Trinajstić information content (AvgIpc) is 2.94. The maximum atomic E-state index is 11.8. The van der Waals surface area contributed by atoms with Gasteiger partial charge in [0.2, 0.25) is 0 Å². The third kappa shape index (κ3) is 1.87. The lowest BCUT2D eigenvalue weighted by Crippen LogP contribution is -2.03. The smallest absolute Gasteiger partial charge is 0.338 e. The van der Waals surface area contributed by atoms with Gasteiger partial charge < -0.3 is 9.72 Å². The van der Waals surface area contributed by atoms with E-state index in [0.29, 0.717) is 5.56 Å². The summed E-state index contributed by atoms with van der Waals surface area (Å²) >= 11 is 0. The van der Waals surface area contributed by atoms with Crippen molar-refractivity contribution in [2.24, 2.45) is 0 Å². The van der Waals surface area contributed by atoms with E-state index in [1.165, 1.54) is 7.11 Å². The molecular weight excluding hydrogens is 240 g/mol. The molecule has 0 aliphatic carbocycles. The lowest BCUT2D eigenvalue weighted by molar-refractivity contribution is 0.0601. The lowest BCUT2D eigenvalue weighted by Gasteiger charge is -2.08. The van der Waals surface area contributed by atoms with E-state index in [1.54, 1.807) is 12.3 Å². The number of ether oxygens (including phenoxy) is 1. The van der Waals surface area contributed by atoms with Crippen LogP contribution in [0.3, 0.4) is 0 Å². The predicted molar refractivity (Wildman–Crippen MR) is 72.9 cm³/mol. The first-order valence-corrected chi connectivity index (χ1v) is 5.91. The molecule has 0 bridgehead atoms. The van der Waals surface area contributed by atoms with Crippen LogP contribution in [0.25, 0.3) is 22.2 Å². The van der Waals surface area contributed by atoms with E-state index in [4.69, 9.17) is 4.74 Å². The molecule has 2 aromatic heterocycles. The molecule has 19 heavy (non-hydrogen) atoms. The largest absolute Gasteiger partial charge is 0.465 e. The minimum Gasteiger partial charge on any atom is -0.465 e. The Morgan fingerprint density at radius 1 is 1.16 bits per heavy atom. The summed E-state index contributed by atoms with van der Waals surface area (Å²) in [5.41, 5.74) is 3.17. The maximum Gasteiger partial charge on any atom is 0.338 e. The van der Waals surface area contributed by atoms with Gasteiger partial charge in [0.15, 0.2) is 0 Å². The number of hydrogen-bond acceptors (Lipinski definition) is 3. The van der Waals surface area contributed by atoms with Gasteiger partial charge in [0, 0.05) is 17.8 Å². The fourth-order valence-electron chi connectivity index (χ4n) is 2.20. The van der Waals surface area contributed by atoms with Gasteiger partial charge in [-0.1, -0.05) is 18.2 Å². The minimum atomic E-state index is -0.337. The number of esters is 1. The number of benzene rings is 1. The topological polar surface area (TPSA) is 55.0 Å². The summed E-state index contributed by atoms with van der Waals surface area (Å²) < 4.78 is 4.83. The quantitative estimate of drug-likeness (QED) is 0.713. The number of nitrogens with zero attached hydrogens (tertiary/aromatic N) is 1. The first-order chi connectivity index (χ1) is 9.31. The van der Waals surface area contributed by atoms with Gasteiger partial charge in [-0.25, -0.2) is 9.78 Å². The Morgan fingerprint density at radius 2 is 2.00 bits per heavy atom. The van der Waals surface area contributed by atoms with E-state index in [9.17, 15) is 4.79 Å². The Balaban J connectivity index is 2.27. The van der Waals surface area contributed by atoms with Crippen molar-refractivity contribution in [1.82, 2.24) is 9.97 Å². The highest BCUT2D eigenvalue weighted by Crippen LogP contribution is 2.29. The van der Waals surface area contributed by atoms with Crippen molar-refractivity contribution in [2.45, 2.75) is 0 Å². The summed E-state index contributed by atoms with van der Waals surface area (Å²) in [6.07, 6.45) is 3.56. The van der Waals surface area contributed by atoms with E-state index in [2.05, 4.69) is 9.97 Å². The molecule has 0 unspecified atom stereocenters. The molecule has 1 N–H and O–H groups in total. The van der Waals surface area contributed by atoms with Crippen molar-refractivity contribution in [3.63, 3.8) is 0 Å². The summed E-state index contributed by atoms with van der Waals surface area (Å²) in [4.78, 5) is 19.2. The Labute approximate surface area is 110 Å². The Bertz CT molecular complexity index is 746. The highest BCUT2D eigenvalue weighted by atomic mass is 16.5. The van der Waals surface area contributed by atoms with Crippen LogP contribution < -0.4 is 0 Å². The van der Waals surface area contributed by atoms with Gasteiger partial charge >= 0.3 is 5.97 Å². The molecule has 0 saturated carbocycles. The monoisotopic (exact) mass is 252 g/mol. The van der Waals surface area contributed by atoms with Crippen LogP contribution in [0.4, 0.5) is 0 Å². The molecule has 0 amide bonds. The number of carbonyl (C=O) groups excluding carboxylic acids is 1. The maximum absolute atomic E-state index is 11.8. The molecule has 94 valence electrons. The third-order valence-electron chi connectivity index (χ3n) is 3.08. The summed E-state index contributed by atoms with van der Waals surface area (Å²) in [6.45, 7) is 0. The number of rotatable bonds is 2. The number of fused-ring (bicyclic) bond motifs is 1. The molecule has 2 heterocycles. The summed E-state index contributed by atoms with van der Waals surface area (Å²) in [5.74, 6) is -0.337. The minimum absolute atomic E-state index is 0.337. The normalized spacial score (nSPS) is 10.6. The molecule has 4 nitrogen and oxygen atoms in total. The van der Waals surface area contributed by atoms with Crippen molar-refractivity contribution in [2.75, 3.05) is 7.11 Å². The fourth-order valence-corrected chi connectivity index (χ4v) is 2.20. The lowest BCUT2D eigenvalue weighted by atomic mass is 9.98. The van der Waals surface area contributed by atoms with Crippen molar-refractivity contribution in [3.8, 4) is 11.1 Å². The standard InChI is InChI=1S/C15H12N2O2/c1-19-15(18)13-5-3-2-4-10(13)11-6-8-16-14-12(11)7-9-17-14/h2-9H,1H3,(H,16,17). The number of aromatic amines is 1. The molecule has 0 saturated heterocycles. The first kappa shape index (κ1) is 11.5. The zero-order valence-electron chi connectivity index (χ0n) is 10.4. The molecule has 4 heteroatoms. The van der Waals surface area contributed by atoms with Gasteiger partial charge in [0.1, 0.15) is 5.65 Å². The highest BCUT2D eigenvalue weighted by Gasteiger charge is 2.14. The van der Waals surface area contributed by atoms with Crippen molar-refractivity contribution in [3.05, 3.63) is 54.4 Å². The molecule has 1 aromatic carbocycles. The Morgan fingerprint density at radius 3 is 2.84 bits per heavy atom. The molecule has 3 rings (SSSR count). The number of H-pyrrole nitrogens is 1. The number of hydrogen-bond donors (Lipinski definition) is 1. The summed E-state index contributed by atoms with van der Waals surface area (Å²) in [6, 6.07) is 11.3. The van der Waals surface area contributed by atoms with Gasteiger partial charge in [-0.3, -0.25) is 0 Å². The van der Waals surface area contributed by atoms with Crippen LogP contribution in [-0.4, -0.2) is 23.0 Å². The van der Waals surface area contributed by atoms with E-state index in [0.717, 1.165) is 22.2 Å². The van der Waals surface area contributed by atoms with Gasteiger partial charge in [0.25, 0.3) is 0 Å². The third-order valence-corrected chi connectivity index (χ3v) is 3.08. The molecule has 0 radical (unpaired) electrons. The number of methoxy groups -OCH3 is 1. The second-order valence-corrected chi connectivity index (χ2v) is 4.14. The van der Waals surface area contributed by atoms with Gasteiger partial charge in [-0.05, 0) is 29.3 Å². The zero-order chi connectivity index (χ0) is 13.2. The van der Waals surface area contributed by atoms with E-state index in [1.807, 2.05) is 36.5 Å². The van der Waals surface area contributed by atoms with Crippen LogP contribution in [0.15, 0.2) is 48.8 Å². The first-order valence-electron chi connectivity index (χ1n) is 5.91. The summed E-state index contributed by atoms with van der Waals surface area (Å²) in [7, 11) is 1.39. The average molecular weight is 252 g/mol. The van der Waals surface area contributed by atoms with Crippen LogP contribution in [-0.2, 0) is 4.74 Å². The molecule has 0 fully saturated rings. The Hall–Kier alpha value is -2.62.